The van der Waals surface area contributed by atoms with Gasteiger partial charge in [0.15, 0.2) is 11.6 Å². The summed E-state index contributed by atoms with van der Waals surface area (Å²) in [6, 6.07) is 11.0. The van der Waals surface area contributed by atoms with Crippen LogP contribution in [0, 0.1) is 0 Å². The second-order valence-corrected chi connectivity index (χ2v) is 17.4. The Hall–Kier alpha value is -6.73. The predicted octanol–water partition coefficient (Wildman–Crippen LogP) is 7.94. The van der Waals surface area contributed by atoms with Crippen molar-refractivity contribution in [3.05, 3.63) is 71.3 Å². The molecule has 17 nitrogen and oxygen atoms in total. The summed E-state index contributed by atoms with van der Waals surface area (Å²) >= 11 is 0. The molecule has 0 bridgehead atoms. The molecule has 0 spiro atoms. The van der Waals surface area contributed by atoms with Crippen LogP contribution >= 0.6 is 0 Å². The average Bonchev–Trinajstić information content (AvgIpc) is 3.89. The van der Waals surface area contributed by atoms with Gasteiger partial charge in [-0.1, -0.05) is 48.6 Å². The number of aromatic nitrogens is 3. The topological polar surface area (TPSA) is 202 Å². The molecule has 3 N–H and O–H groups in total. The molecule has 4 amide bonds. The monoisotopic (exact) mass is 865 g/mol. The Kier molecular flexibility index (Phi) is 13.2. The number of benzene rings is 2. The molecule has 0 saturated heterocycles. The number of aliphatic imine (C=N–C) groups is 2. The van der Waals surface area contributed by atoms with E-state index in [0.717, 1.165) is 17.2 Å². The van der Waals surface area contributed by atoms with E-state index in [9.17, 15) is 37.5 Å². The molecule has 332 valence electrons. The lowest BCUT2D eigenvalue weighted by Crippen LogP contribution is -2.46. The number of alkyl halides is 3. The molecule has 2 aromatic carbocycles. The fourth-order valence-electron chi connectivity index (χ4n) is 6.29. The second-order valence-electron chi connectivity index (χ2n) is 17.4. The van der Waals surface area contributed by atoms with Gasteiger partial charge in [0.05, 0.1) is 5.56 Å². The van der Waals surface area contributed by atoms with Gasteiger partial charge < -0.3 is 33.7 Å². The van der Waals surface area contributed by atoms with Crippen LogP contribution in [0.2, 0.25) is 0 Å². The number of carboxylic acid groups (broad SMARTS) is 1. The van der Waals surface area contributed by atoms with E-state index >= 15 is 0 Å². The Morgan fingerprint density at radius 1 is 0.661 bits per heavy atom. The van der Waals surface area contributed by atoms with Crippen molar-refractivity contribution < 1.29 is 51.7 Å². The summed E-state index contributed by atoms with van der Waals surface area (Å²) in [5.74, 6) is 0.121. The van der Waals surface area contributed by atoms with Gasteiger partial charge in [0, 0.05) is 44.4 Å². The number of guanidine groups is 2. The molecule has 0 unspecified atom stereocenters. The minimum atomic E-state index is -4.78. The SMILES string of the molecule is Cn1c(-c2ccc(C3=CCN(C(=NC(=O)OC(C)(C)C)NC(=O)O)C3)cc2)nnc1-c1ccc(C2=CCN(C(=NC(=O)OC(C)(C)C)NC(=O)OC(C)(C)C)C2)c(C(F)(F)F)c1. The van der Waals surface area contributed by atoms with E-state index in [1.807, 2.05) is 18.2 Å². The van der Waals surface area contributed by atoms with Crippen LogP contribution in [0.1, 0.15) is 79.0 Å². The first kappa shape index (κ1) is 46.3. The minimum Gasteiger partial charge on any atom is -0.465 e. The van der Waals surface area contributed by atoms with E-state index in [1.54, 1.807) is 97.0 Å². The van der Waals surface area contributed by atoms with E-state index in [2.05, 4.69) is 30.8 Å². The zero-order chi connectivity index (χ0) is 45.9. The maximum absolute atomic E-state index is 14.8. The molecule has 0 fully saturated rings. The molecule has 0 radical (unpaired) electrons. The Labute approximate surface area is 356 Å². The van der Waals surface area contributed by atoms with Crippen LogP contribution in [-0.4, -0.2) is 109 Å². The summed E-state index contributed by atoms with van der Waals surface area (Å²) in [6.07, 6.45) is -5.64. The van der Waals surface area contributed by atoms with Gasteiger partial charge in [-0.15, -0.1) is 20.2 Å². The molecule has 3 aromatic rings. The molecule has 62 heavy (non-hydrogen) atoms. The van der Waals surface area contributed by atoms with Gasteiger partial charge >= 0.3 is 30.5 Å². The van der Waals surface area contributed by atoms with E-state index < -0.39 is 52.9 Å². The Morgan fingerprint density at radius 2 is 1.11 bits per heavy atom. The summed E-state index contributed by atoms with van der Waals surface area (Å²) in [6.45, 7) is 15.2. The highest BCUT2D eigenvalue weighted by molar-refractivity contribution is 6.01. The van der Waals surface area contributed by atoms with Crippen LogP contribution in [0.25, 0.3) is 33.9 Å². The van der Waals surface area contributed by atoms with Crippen molar-refractivity contribution in [2.24, 2.45) is 17.0 Å². The molecular weight excluding hydrogens is 816 g/mol. The molecule has 1 aromatic heterocycles. The minimum absolute atomic E-state index is 0.0120. The number of alkyl carbamates (subject to hydrolysis) is 1. The highest BCUT2D eigenvalue weighted by Crippen LogP contribution is 2.39. The fraction of sp³-hybridized carbons (Fsp3) is 0.429. The van der Waals surface area contributed by atoms with Gasteiger partial charge in [0.1, 0.15) is 16.8 Å². The normalized spacial score (nSPS) is 15.2. The van der Waals surface area contributed by atoms with Crippen molar-refractivity contribution >= 4 is 47.4 Å². The van der Waals surface area contributed by atoms with Gasteiger partial charge in [-0.3, -0.25) is 10.6 Å². The van der Waals surface area contributed by atoms with E-state index in [-0.39, 0.29) is 60.6 Å². The van der Waals surface area contributed by atoms with Gasteiger partial charge in [-0.25, -0.2) is 19.2 Å². The highest BCUT2D eigenvalue weighted by Gasteiger charge is 2.37. The van der Waals surface area contributed by atoms with Crippen molar-refractivity contribution in [2.45, 2.75) is 85.3 Å². The van der Waals surface area contributed by atoms with E-state index in [1.165, 1.54) is 17.0 Å². The first-order chi connectivity index (χ1) is 28.7. The summed E-state index contributed by atoms with van der Waals surface area (Å²) in [5.41, 5.74) is -0.996. The standard InChI is InChI=1S/C42H50F3N9O8/c1-39(2,3)60-36(57)47-33(46-35(55)56)53-19-17-27(22-53)24-11-13-25(14-12-24)31-50-51-32(52(31)10)26-15-16-29(30(21-26)42(43,44)45)28-18-20-54(23-28)34(48-37(58)61-40(4,5)6)49-38(59)62-41(7,8)9/h11-18,21H,19-20,22-23H2,1-10H3,(H,55,56)(H,46,47,57)(H,48,49,58,59). The number of rotatable bonds is 4. The maximum Gasteiger partial charge on any atom is 0.437 e. The molecule has 5 rings (SSSR count). The van der Waals surface area contributed by atoms with Crippen LogP contribution in [0.3, 0.4) is 0 Å². The molecule has 2 aliphatic heterocycles. The average molecular weight is 866 g/mol. The number of halogens is 3. The van der Waals surface area contributed by atoms with Crippen molar-refractivity contribution in [2.75, 3.05) is 26.2 Å². The zero-order valence-corrected chi connectivity index (χ0v) is 36.1. The van der Waals surface area contributed by atoms with Crippen LogP contribution < -0.4 is 10.6 Å². The van der Waals surface area contributed by atoms with Crippen molar-refractivity contribution in [3.63, 3.8) is 0 Å². The highest BCUT2D eigenvalue weighted by atomic mass is 19.4. The van der Waals surface area contributed by atoms with Crippen molar-refractivity contribution in [3.8, 4) is 22.8 Å². The number of nitrogens with zero attached hydrogens (tertiary/aromatic N) is 7. The molecular formula is C42H50F3N9O8. The Bertz CT molecular complexity index is 2350. The lowest BCUT2D eigenvalue weighted by atomic mass is 9.97. The Morgan fingerprint density at radius 3 is 1.61 bits per heavy atom. The smallest absolute Gasteiger partial charge is 0.437 e. The lowest BCUT2D eigenvalue weighted by molar-refractivity contribution is -0.137. The zero-order valence-electron chi connectivity index (χ0n) is 36.1. The molecule has 0 saturated carbocycles. The number of nitrogens with one attached hydrogen (secondary N) is 2. The van der Waals surface area contributed by atoms with E-state index in [0.29, 0.717) is 11.4 Å². The first-order valence-electron chi connectivity index (χ1n) is 19.4. The summed E-state index contributed by atoms with van der Waals surface area (Å²) in [4.78, 5) is 59.9. The fourth-order valence-corrected chi connectivity index (χ4v) is 6.29. The number of carbonyl (C=O) groups excluding carboxylic acids is 3. The maximum atomic E-state index is 14.8. The quantitative estimate of drug-likeness (QED) is 0.130. The largest absolute Gasteiger partial charge is 0.465 e. The molecule has 0 aliphatic carbocycles. The van der Waals surface area contributed by atoms with Gasteiger partial charge in [-0.2, -0.15) is 13.2 Å². The summed E-state index contributed by atoms with van der Waals surface area (Å²) in [7, 11) is 1.64. The van der Waals surface area contributed by atoms with Gasteiger partial charge in [0.2, 0.25) is 11.9 Å². The lowest BCUT2D eigenvalue weighted by Gasteiger charge is -2.25. The van der Waals surface area contributed by atoms with Crippen molar-refractivity contribution in [1.82, 2.24) is 35.2 Å². The number of hydrogen-bond donors (Lipinski definition) is 3. The number of amides is 4. The number of hydrogen-bond acceptors (Lipinski definition) is 9. The summed E-state index contributed by atoms with van der Waals surface area (Å²) < 4.78 is 61.7. The van der Waals surface area contributed by atoms with Gasteiger partial charge in [-0.05, 0) is 90.7 Å². The second kappa shape index (κ2) is 17.7. The molecule has 0 atom stereocenters. The van der Waals surface area contributed by atoms with E-state index in [4.69, 9.17) is 14.2 Å². The number of ether oxygens (including phenoxy) is 3. The van der Waals surface area contributed by atoms with Crippen LogP contribution in [-0.2, 0) is 27.4 Å². The van der Waals surface area contributed by atoms with Gasteiger partial charge in [0.25, 0.3) is 0 Å². The number of carbonyl (C=O) groups is 4. The third-order valence-electron chi connectivity index (χ3n) is 8.77. The molecule has 20 heteroatoms. The first-order valence-corrected chi connectivity index (χ1v) is 19.4. The third kappa shape index (κ3) is 12.4. The molecule has 2 aliphatic rings. The van der Waals surface area contributed by atoms with Crippen LogP contribution in [0.5, 0.6) is 0 Å². The third-order valence-corrected chi connectivity index (χ3v) is 8.77. The van der Waals surface area contributed by atoms with Crippen LogP contribution in [0.15, 0.2) is 64.6 Å². The molecule has 3 heterocycles. The van der Waals surface area contributed by atoms with Crippen molar-refractivity contribution in [1.29, 1.82) is 0 Å². The van der Waals surface area contributed by atoms with Crippen LogP contribution in [0.4, 0.5) is 32.3 Å². The summed E-state index contributed by atoms with van der Waals surface area (Å²) in [5, 5.41) is 22.5. The predicted molar refractivity (Wildman–Crippen MR) is 224 cm³/mol. The Balaban J connectivity index is 1.34.